The molecular formula is C6H13N2O2W-. The molecular weight excluding hydrogens is 316 g/mol. The normalized spacial score (nSPS) is 9.91. The van der Waals surface area contributed by atoms with Crippen LogP contribution in [0.15, 0.2) is 0 Å². The summed E-state index contributed by atoms with van der Waals surface area (Å²) in [5.74, 6) is 4.99. The minimum absolute atomic E-state index is 0. The quantitative estimate of drug-likeness (QED) is 0.311. The van der Waals surface area contributed by atoms with Crippen molar-refractivity contribution >= 4 is 6.09 Å². The number of rotatable bonds is 0. The van der Waals surface area contributed by atoms with E-state index >= 15 is 0 Å². The summed E-state index contributed by atoms with van der Waals surface area (Å²) in [4.78, 5) is 10.7. The zero-order valence-electron chi connectivity index (χ0n) is 6.96. The molecule has 0 bridgehead atoms. The fourth-order valence-electron chi connectivity index (χ4n) is 0.321. The van der Waals surface area contributed by atoms with E-state index in [1.54, 1.807) is 20.8 Å². The van der Waals surface area contributed by atoms with E-state index < -0.39 is 11.7 Å². The van der Waals surface area contributed by atoms with Crippen molar-refractivity contribution in [3.05, 3.63) is 7.05 Å². The topological polar surface area (TPSA) is 55.6 Å². The van der Waals surface area contributed by atoms with Crippen LogP contribution in [0.5, 0.6) is 0 Å². The second-order valence-corrected chi connectivity index (χ2v) is 2.95. The van der Waals surface area contributed by atoms with Crippen LogP contribution in [-0.4, -0.2) is 16.7 Å². The van der Waals surface area contributed by atoms with Gasteiger partial charge in [-0.05, 0) is 20.8 Å². The van der Waals surface area contributed by atoms with Gasteiger partial charge in [0.2, 0.25) is 0 Å². The Labute approximate surface area is 81.3 Å². The number of carbonyl (C=O) groups excluding carboxylic acids is 1. The first kappa shape index (κ1) is 13.5. The SMILES string of the molecule is [CH2-]N(N)C(=O)OC(C)(C)C.[W]. The molecule has 0 saturated carbocycles. The Morgan fingerprint density at radius 3 is 2.00 bits per heavy atom. The fraction of sp³-hybridized carbons (Fsp3) is 0.667. The van der Waals surface area contributed by atoms with Crippen LogP contribution in [-0.2, 0) is 25.8 Å². The molecule has 0 aromatic rings. The van der Waals surface area contributed by atoms with E-state index in [2.05, 4.69) is 7.05 Å². The minimum Gasteiger partial charge on any atom is -0.445 e. The molecule has 0 atom stereocenters. The summed E-state index contributed by atoms with van der Waals surface area (Å²) in [5.41, 5.74) is -0.508. The van der Waals surface area contributed by atoms with Gasteiger partial charge in [0.05, 0.1) is 0 Å². The van der Waals surface area contributed by atoms with Crippen LogP contribution in [0.3, 0.4) is 0 Å². The Hall–Kier alpha value is -0.0817. The molecule has 0 saturated heterocycles. The maximum absolute atomic E-state index is 10.7. The summed E-state index contributed by atoms with van der Waals surface area (Å²) in [6.07, 6.45) is -0.632. The molecule has 0 fully saturated rings. The van der Waals surface area contributed by atoms with E-state index in [4.69, 9.17) is 10.6 Å². The maximum Gasteiger partial charge on any atom is 0.394 e. The molecule has 0 radical (unpaired) electrons. The van der Waals surface area contributed by atoms with Gasteiger partial charge >= 0.3 is 6.09 Å². The van der Waals surface area contributed by atoms with E-state index in [-0.39, 0.29) is 21.1 Å². The van der Waals surface area contributed by atoms with Crippen LogP contribution in [0.4, 0.5) is 4.79 Å². The molecule has 0 aliphatic heterocycles. The Kier molecular flexibility index (Phi) is 5.80. The van der Waals surface area contributed by atoms with Crippen LogP contribution >= 0.6 is 0 Å². The summed E-state index contributed by atoms with van der Waals surface area (Å²) in [6, 6.07) is 0. The number of carbonyl (C=O) groups is 1. The summed E-state index contributed by atoms with van der Waals surface area (Å²) < 4.78 is 4.80. The average molecular weight is 329 g/mol. The Bertz CT molecular complexity index is 131. The number of amides is 1. The van der Waals surface area contributed by atoms with Gasteiger partial charge in [-0.15, -0.1) is 0 Å². The third kappa shape index (κ3) is 7.82. The van der Waals surface area contributed by atoms with Crippen LogP contribution in [0.1, 0.15) is 20.8 Å². The van der Waals surface area contributed by atoms with Gasteiger partial charge in [-0.25, -0.2) is 11.8 Å². The predicted octanol–water partition coefficient (Wildman–Crippen LogP) is 0.886. The van der Waals surface area contributed by atoms with Crippen LogP contribution < -0.4 is 5.84 Å². The van der Waals surface area contributed by atoms with Crippen molar-refractivity contribution < 1.29 is 30.6 Å². The van der Waals surface area contributed by atoms with Gasteiger partial charge in [0.1, 0.15) is 5.60 Å². The molecule has 2 N–H and O–H groups in total. The van der Waals surface area contributed by atoms with Crippen molar-refractivity contribution in [2.75, 3.05) is 0 Å². The van der Waals surface area contributed by atoms with E-state index in [9.17, 15) is 4.79 Å². The number of nitrogens with zero attached hydrogens (tertiary/aromatic N) is 1. The zero-order valence-corrected chi connectivity index (χ0v) is 9.89. The third-order valence-corrected chi connectivity index (χ3v) is 0.628. The molecule has 66 valence electrons. The molecule has 0 unspecified atom stereocenters. The van der Waals surface area contributed by atoms with E-state index in [0.717, 1.165) is 0 Å². The van der Waals surface area contributed by atoms with Crippen LogP contribution in [0, 0.1) is 7.05 Å². The van der Waals surface area contributed by atoms with E-state index in [1.807, 2.05) is 0 Å². The molecule has 0 aromatic heterocycles. The van der Waals surface area contributed by atoms with Crippen molar-refractivity contribution in [3.63, 3.8) is 0 Å². The average Bonchev–Trinajstić information content (AvgIpc) is 1.60. The van der Waals surface area contributed by atoms with Crippen molar-refractivity contribution in [3.8, 4) is 0 Å². The molecule has 1 amide bonds. The molecule has 11 heavy (non-hydrogen) atoms. The summed E-state index contributed by atoms with van der Waals surface area (Å²) >= 11 is 0. The number of hydrogen-bond acceptors (Lipinski definition) is 3. The second-order valence-electron chi connectivity index (χ2n) is 2.95. The Balaban J connectivity index is 0. The standard InChI is InChI=1S/C6H13N2O2.W/c1-6(2,3)10-5(9)8(4)7;/h4,7H2,1-3H3;/q-1;. The van der Waals surface area contributed by atoms with Gasteiger partial charge in [0.25, 0.3) is 0 Å². The number of nitrogens with two attached hydrogens (primary N) is 1. The minimum atomic E-state index is -0.632. The molecule has 0 aromatic carbocycles. The predicted molar refractivity (Wildman–Crippen MR) is 37.6 cm³/mol. The van der Waals surface area contributed by atoms with Gasteiger partial charge in [-0.1, -0.05) is 0 Å². The van der Waals surface area contributed by atoms with E-state index in [1.165, 1.54) is 0 Å². The van der Waals surface area contributed by atoms with Gasteiger partial charge in [-0.2, -0.15) is 0 Å². The zero-order chi connectivity index (χ0) is 8.36. The molecule has 0 heterocycles. The van der Waals surface area contributed by atoms with Crippen molar-refractivity contribution in [2.24, 2.45) is 5.84 Å². The largest absolute Gasteiger partial charge is 0.445 e. The number of ether oxygens (including phenoxy) is 1. The van der Waals surface area contributed by atoms with Crippen LogP contribution in [0.25, 0.3) is 0 Å². The van der Waals surface area contributed by atoms with Crippen molar-refractivity contribution in [1.29, 1.82) is 0 Å². The Morgan fingerprint density at radius 2 is 1.91 bits per heavy atom. The molecule has 0 aliphatic carbocycles. The third-order valence-electron chi connectivity index (χ3n) is 0.628. The summed E-state index contributed by atoms with van der Waals surface area (Å²) in [6.45, 7) is 5.28. The molecule has 0 spiro atoms. The van der Waals surface area contributed by atoms with Crippen molar-refractivity contribution in [2.45, 2.75) is 26.4 Å². The maximum atomic E-state index is 10.7. The molecule has 0 rings (SSSR count). The van der Waals surface area contributed by atoms with Gasteiger partial charge < -0.3 is 9.75 Å². The molecule has 0 aliphatic rings. The first-order chi connectivity index (χ1) is 4.33. The fourth-order valence-corrected chi connectivity index (χ4v) is 0.321. The van der Waals surface area contributed by atoms with Crippen LogP contribution in [0.2, 0.25) is 0 Å². The monoisotopic (exact) mass is 329 g/mol. The van der Waals surface area contributed by atoms with Gasteiger partial charge in [0.15, 0.2) is 0 Å². The smallest absolute Gasteiger partial charge is 0.394 e. The second kappa shape index (κ2) is 4.73. The van der Waals surface area contributed by atoms with Gasteiger partial charge in [0, 0.05) is 21.1 Å². The summed E-state index contributed by atoms with van der Waals surface area (Å²) in [5, 5.41) is 0.658. The number of hydrazine groups is 1. The summed E-state index contributed by atoms with van der Waals surface area (Å²) in [7, 11) is 3.16. The molecule has 4 nitrogen and oxygen atoms in total. The van der Waals surface area contributed by atoms with Crippen molar-refractivity contribution in [1.82, 2.24) is 5.01 Å². The van der Waals surface area contributed by atoms with E-state index in [0.29, 0.717) is 5.01 Å². The first-order valence-corrected chi connectivity index (χ1v) is 2.91. The first-order valence-electron chi connectivity index (χ1n) is 2.91. The Morgan fingerprint density at radius 1 is 1.55 bits per heavy atom. The number of hydrogen-bond donors (Lipinski definition) is 1. The van der Waals surface area contributed by atoms with Gasteiger partial charge in [-0.3, -0.25) is 5.84 Å². The molecule has 5 heteroatoms.